The van der Waals surface area contributed by atoms with E-state index < -0.39 is 0 Å². The largest absolute Gasteiger partial charge is 0.314 e. The summed E-state index contributed by atoms with van der Waals surface area (Å²) in [6.07, 6.45) is 18.1. The number of hydrogen-bond acceptors (Lipinski definition) is 9. The number of hydrogen-bond donors (Lipinski definition) is 0. The predicted molar refractivity (Wildman–Crippen MR) is 99.7 cm³/mol. The quantitative estimate of drug-likeness (QED) is 0.0830. The maximum atomic E-state index is 4.71. The van der Waals surface area contributed by atoms with E-state index >= 15 is 0 Å². The first-order valence-corrected chi connectivity index (χ1v) is 10.3. The second-order valence-electron chi connectivity index (χ2n) is 6.94. The predicted octanol–water partition coefficient (Wildman–Crippen LogP) is 6.33. The minimum absolute atomic E-state index is 0.386. The molecule has 0 unspecified atom stereocenters. The second kappa shape index (κ2) is 24.3. The Morgan fingerprint density at radius 3 is 1.57 bits per heavy atom. The maximum Gasteiger partial charge on any atom is 0.128 e. The van der Waals surface area contributed by atoms with Crippen LogP contribution in [0.1, 0.15) is 97.8 Å². The molecule has 0 bridgehead atoms. The molecular weight excluding hydrogens is 372 g/mol. The van der Waals surface area contributed by atoms with Crippen LogP contribution < -0.4 is 0 Å². The lowest BCUT2D eigenvalue weighted by Crippen LogP contribution is -2.02. The van der Waals surface area contributed by atoms with Gasteiger partial charge in [0.1, 0.15) is 6.26 Å². The van der Waals surface area contributed by atoms with Crippen molar-refractivity contribution in [2.75, 3.05) is 6.61 Å². The molecule has 0 aromatic heterocycles. The van der Waals surface area contributed by atoms with E-state index in [1.807, 2.05) is 0 Å². The van der Waals surface area contributed by atoms with Crippen LogP contribution in [0.3, 0.4) is 0 Å². The molecule has 0 aromatic carbocycles. The Bertz CT molecular complexity index is 314. The molecule has 0 atom stereocenters. The van der Waals surface area contributed by atoms with E-state index in [0.29, 0.717) is 6.61 Å². The van der Waals surface area contributed by atoms with Crippen LogP contribution in [0.4, 0.5) is 0 Å². The fraction of sp³-hybridized carbons (Fsp3) is 0.895. The highest BCUT2D eigenvalue weighted by molar-refractivity contribution is 4.62. The van der Waals surface area contributed by atoms with E-state index in [-0.39, 0.29) is 0 Å². The minimum Gasteiger partial charge on any atom is -0.314 e. The van der Waals surface area contributed by atoms with Gasteiger partial charge < -0.3 is 4.89 Å². The van der Waals surface area contributed by atoms with Crippen LogP contribution in [0, 0.1) is 5.92 Å². The first kappa shape index (κ1) is 27.2. The van der Waals surface area contributed by atoms with E-state index in [4.69, 9.17) is 4.89 Å². The molecule has 9 heteroatoms. The van der Waals surface area contributed by atoms with Crippen molar-refractivity contribution < 1.29 is 45.0 Å². The molecule has 168 valence electrons. The topological polar surface area (TPSA) is 83.1 Å². The van der Waals surface area contributed by atoms with Gasteiger partial charge in [0.05, 0.1) is 6.61 Å². The summed E-state index contributed by atoms with van der Waals surface area (Å²) in [7, 11) is 0. The third-order valence-electron chi connectivity index (χ3n) is 3.95. The maximum absolute atomic E-state index is 4.71. The lowest BCUT2D eigenvalue weighted by atomic mass is 10.0. The zero-order valence-electron chi connectivity index (χ0n) is 17.6. The average molecular weight is 411 g/mol. The highest BCUT2D eigenvalue weighted by atomic mass is 17.9. The summed E-state index contributed by atoms with van der Waals surface area (Å²) in [6.45, 7) is 6.69. The van der Waals surface area contributed by atoms with Crippen LogP contribution in [0.25, 0.3) is 0 Å². The van der Waals surface area contributed by atoms with Gasteiger partial charge in [0, 0.05) is 20.2 Å². The van der Waals surface area contributed by atoms with Crippen LogP contribution >= 0.6 is 0 Å². The lowest BCUT2D eigenvalue weighted by molar-refractivity contribution is -0.829. The van der Waals surface area contributed by atoms with Gasteiger partial charge in [-0.1, -0.05) is 84.5 Å². The van der Waals surface area contributed by atoms with Crippen LogP contribution in [0.15, 0.2) is 12.3 Å². The van der Waals surface area contributed by atoms with Gasteiger partial charge >= 0.3 is 0 Å². The molecule has 0 radical (unpaired) electrons. The molecule has 0 aliphatic carbocycles. The molecule has 0 amide bonds. The van der Waals surface area contributed by atoms with Crippen molar-refractivity contribution in [1.82, 2.24) is 0 Å². The number of allylic oxidation sites excluding steroid dienone is 1. The molecule has 0 fully saturated rings. The minimum atomic E-state index is 0.386. The van der Waals surface area contributed by atoms with Crippen molar-refractivity contribution in [2.45, 2.75) is 97.8 Å². The fourth-order valence-corrected chi connectivity index (χ4v) is 2.51. The third kappa shape index (κ3) is 25.2. The van der Waals surface area contributed by atoms with Crippen molar-refractivity contribution in [2.24, 2.45) is 5.92 Å². The molecule has 0 saturated carbocycles. The molecule has 0 heterocycles. The normalized spacial score (nSPS) is 11.7. The molecule has 0 rings (SSSR count). The Labute approximate surface area is 168 Å². The molecule has 0 spiro atoms. The first-order chi connectivity index (χ1) is 13.8. The SMILES string of the molecule is CC=COOOOOOOOOCCCCCCCCCCCCCC(C)C. The lowest BCUT2D eigenvalue weighted by Gasteiger charge is -2.05. The van der Waals surface area contributed by atoms with Crippen molar-refractivity contribution in [3.05, 3.63) is 12.3 Å². The van der Waals surface area contributed by atoms with Crippen LogP contribution in [-0.2, 0) is 45.0 Å². The zero-order valence-corrected chi connectivity index (χ0v) is 17.6. The molecule has 0 saturated heterocycles. The van der Waals surface area contributed by atoms with Gasteiger partial charge in [-0.05, 0) is 40.5 Å². The van der Waals surface area contributed by atoms with E-state index in [1.54, 1.807) is 13.0 Å². The molecule has 0 aliphatic rings. The van der Waals surface area contributed by atoms with E-state index in [0.717, 1.165) is 18.8 Å². The van der Waals surface area contributed by atoms with Gasteiger partial charge in [0.2, 0.25) is 0 Å². The summed E-state index contributed by atoms with van der Waals surface area (Å²) in [5.74, 6) is 0.844. The van der Waals surface area contributed by atoms with Gasteiger partial charge in [-0.2, -0.15) is 0 Å². The first-order valence-electron chi connectivity index (χ1n) is 10.3. The molecule has 0 N–H and O–H groups in total. The van der Waals surface area contributed by atoms with Crippen LogP contribution in [0.5, 0.6) is 0 Å². The standard InChI is InChI=1S/C19H38O9/c1-4-17-20-22-24-26-28-27-25-23-21-18-15-13-11-9-7-5-6-8-10-12-14-16-19(2)3/h4,17,19H,5-16,18H2,1-3H3. The Balaban J connectivity index is 2.99. The van der Waals surface area contributed by atoms with Crippen molar-refractivity contribution in [1.29, 1.82) is 0 Å². The molecule has 28 heavy (non-hydrogen) atoms. The highest BCUT2D eigenvalue weighted by Crippen LogP contribution is 2.13. The van der Waals surface area contributed by atoms with E-state index in [1.165, 1.54) is 70.5 Å². The van der Waals surface area contributed by atoms with E-state index in [2.05, 4.69) is 54.0 Å². The third-order valence-corrected chi connectivity index (χ3v) is 3.95. The average Bonchev–Trinajstić information content (AvgIpc) is 2.68. The van der Waals surface area contributed by atoms with Crippen molar-refractivity contribution in [3.63, 3.8) is 0 Å². The zero-order chi connectivity index (χ0) is 20.5. The summed E-state index contributed by atoms with van der Waals surface area (Å²) in [5.41, 5.74) is 0. The van der Waals surface area contributed by atoms with Crippen molar-refractivity contribution in [3.8, 4) is 0 Å². The summed E-state index contributed by atoms with van der Waals surface area (Å²) in [5, 5.41) is 27.7. The summed E-state index contributed by atoms with van der Waals surface area (Å²) >= 11 is 0. The van der Waals surface area contributed by atoms with Crippen molar-refractivity contribution >= 4 is 0 Å². The summed E-state index contributed by atoms with van der Waals surface area (Å²) in [4.78, 5) is 8.98. The summed E-state index contributed by atoms with van der Waals surface area (Å²) < 4.78 is 0. The van der Waals surface area contributed by atoms with Crippen LogP contribution in [-0.4, -0.2) is 6.61 Å². The Morgan fingerprint density at radius 2 is 1.04 bits per heavy atom. The molecular formula is C19H38O9. The van der Waals surface area contributed by atoms with Gasteiger partial charge in [-0.3, -0.25) is 0 Å². The number of unbranched alkanes of at least 4 members (excludes halogenated alkanes) is 10. The monoisotopic (exact) mass is 410 g/mol. The molecule has 0 aliphatic heterocycles. The smallest absolute Gasteiger partial charge is 0.128 e. The second-order valence-corrected chi connectivity index (χ2v) is 6.94. The van der Waals surface area contributed by atoms with Gasteiger partial charge in [0.25, 0.3) is 0 Å². The Kier molecular flexibility index (Phi) is 23.6. The highest BCUT2D eigenvalue weighted by Gasteiger charge is 1.98. The van der Waals surface area contributed by atoms with E-state index in [9.17, 15) is 0 Å². The fourth-order valence-electron chi connectivity index (χ4n) is 2.51. The van der Waals surface area contributed by atoms with Gasteiger partial charge in [0.15, 0.2) is 0 Å². The number of rotatable bonds is 23. The molecule has 0 aromatic rings. The Morgan fingerprint density at radius 1 is 0.571 bits per heavy atom. The van der Waals surface area contributed by atoms with Crippen LogP contribution in [0.2, 0.25) is 0 Å². The van der Waals surface area contributed by atoms with Gasteiger partial charge in [-0.15, -0.1) is 0 Å². The Hall–Kier alpha value is -0.780. The van der Waals surface area contributed by atoms with Gasteiger partial charge in [-0.25, -0.2) is 4.89 Å². The molecule has 9 nitrogen and oxygen atoms in total. The summed E-state index contributed by atoms with van der Waals surface area (Å²) in [6, 6.07) is 0.